The lowest BCUT2D eigenvalue weighted by molar-refractivity contribution is -0.114. The van der Waals surface area contributed by atoms with Crippen molar-refractivity contribution in [1.29, 1.82) is 0 Å². The molecule has 2 aromatic rings. The number of benzodiazepines with no additional fused rings is 1. The van der Waals surface area contributed by atoms with Gasteiger partial charge in [-0.2, -0.15) is 0 Å². The van der Waals surface area contributed by atoms with Crippen LogP contribution < -0.4 is 10.1 Å². The van der Waals surface area contributed by atoms with Crippen molar-refractivity contribution in [2.45, 2.75) is 0 Å². The summed E-state index contributed by atoms with van der Waals surface area (Å²) in [5, 5.41) is 3.44. The standard InChI is InChI=1S/C16H12BrClN2O2/c1-22-14-7-13-10(6-11(14)17)16(19-8-15(21)20-13)9-4-2-3-5-12(9)18/h2-7H,8H2,1H3,(H,20,21). The largest absolute Gasteiger partial charge is 0.495 e. The fourth-order valence-corrected chi connectivity index (χ4v) is 3.05. The number of carbonyl (C=O) groups is 1. The molecule has 1 aliphatic rings. The fraction of sp³-hybridized carbons (Fsp3) is 0.125. The van der Waals surface area contributed by atoms with E-state index in [2.05, 4.69) is 26.2 Å². The molecule has 0 unspecified atom stereocenters. The monoisotopic (exact) mass is 378 g/mol. The van der Waals surface area contributed by atoms with Crippen LogP contribution in [0, 0.1) is 0 Å². The number of nitrogens with one attached hydrogen (secondary N) is 1. The Hall–Kier alpha value is -1.85. The number of fused-ring (bicyclic) bond motifs is 1. The Morgan fingerprint density at radius 3 is 2.77 bits per heavy atom. The smallest absolute Gasteiger partial charge is 0.246 e. The lowest BCUT2D eigenvalue weighted by Gasteiger charge is -2.14. The Kier molecular flexibility index (Phi) is 4.18. The zero-order valence-electron chi connectivity index (χ0n) is 11.7. The highest BCUT2D eigenvalue weighted by Gasteiger charge is 2.21. The quantitative estimate of drug-likeness (QED) is 0.860. The van der Waals surface area contributed by atoms with Crippen molar-refractivity contribution in [1.82, 2.24) is 0 Å². The van der Waals surface area contributed by atoms with Crippen LogP contribution in [0.25, 0.3) is 0 Å². The van der Waals surface area contributed by atoms with Crippen LogP contribution >= 0.6 is 27.5 Å². The molecule has 0 saturated carbocycles. The van der Waals surface area contributed by atoms with Crippen LogP contribution in [0.4, 0.5) is 5.69 Å². The molecule has 1 amide bonds. The van der Waals surface area contributed by atoms with Gasteiger partial charge in [-0.15, -0.1) is 0 Å². The summed E-state index contributed by atoms with van der Waals surface area (Å²) in [4.78, 5) is 16.3. The summed E-state index contributed by atoms with van der Waals surface area (Å²) in [6.45, 7) is 0.0508. The minimum absolute atomic E-state index is 0.0508. The fourth-order valence-electron chi connectivity index (χ4n) is 2.32. The Morgan fingerprint density at radius 1 is 1.27 bits per heavy atom. The van der Waals surface area contributed by atoms with Gasteiger partial charge >= 0.3 is 0 Å². The highest BCUT2D eigenvalue weighted by molar-refractivity contribution is 9.10. The first-order valence-electron chi connectivity index (χ1n) is 6.57. The van der Waals surface area contributed by atoms with Gasteiger partial charge in [0, 0.05) is 22.2 Å². The van der Waals surface area contributed by atoms with Gasteiger partial charge in [0.15, 0.2) is 0 Å². The zero-order valence-corrected chi connectivity index (χ0v) is 14.0. The van der Waals surface area contributed by atoms with E-state index in [1.54, 1.807) is 19.2 Å². The second-order valence-electron chi connectivity index (χ2n) is 4.73. The Morgan fingerprint density at radius 2 is 2.05 bits per heavy atom. The van der Waals surface area contributed by atoms with Crippen molar-refractivity contribution in [2.24, 2.45) is 4.99 Å². The van der Waals surface area contributed by atoms with E-state index in [9.17, 15) is 4.79 Å². The van der Waals surface area contributed by atoms with Gasteiger partial charge in [0.05, 0.1) is 23.0 Å². The lowest BCUT2D eigenvalue weighted by atomic mass is 10.0. The molecule has 1 heterocycles. The number of hydrogen-bond acceptors (Lipinski definition) is 3. The summed E-state index contributed by atoms with van der Waals surface area (Å²) in [5.41, 5.74) is 2.93. The SMILES string of the molecule is COc1cc2c(cc1Br)C(c1ccccc1Cl)=NCC(=O)N2. The Labute approximate surface area is 141 Å². The van der Waals surface area contributed by atoms with E-state index in [-0.39, 0.29) is 12.5 Å². The van der Waals surface area contributed by atoms with Gasteiger partial charge in [-0.3, -0.25) is 9.79 Å². The molecule has 2 aromatic carbocycles. The van der Waals surface area contributed by atoms with Crippen molar-refractivity contribution < 1.29 is 9.53 Å². The lowest BCUT2D eigenvalue weighted by Crippen LogP contribution is -2.13. The van der Waals surface area contributed by atoms with Crippen LogP contribution in [0.3, 0.4) is 0 Å². The Balaban J connectivity index is 2.23. The van der Waals surface area contributed by atoms with Crippen molar-refractivity contribution in [3.05, 3.63) is 57.0 Å². The van der Waals surface area contributed by atoms with Crippen molar-refractivity contribution in [3.8, 4) is 5.75 Å². The molecule has 0 radical (unpaired) electrons. The molecular weight excluding hydrogens is 368 g/mol. The van der Waals surface area contributed by atoms with E-state index in [1.807, 2.05) is 24.3 Å². The number of amides is 1. The van der Waals surface area contributed by atoms with Gasteiger partial charge in [0.2, 0.25) is 5.91 Å². The molecule has 0 fully saturated rings. The molecule has 0 saturated heterocycles. The predicted octanol–water partition coefficient (Wildman–Crippen LogP) is 3.90. The molecule has 6 heteroatoms. The Bertz CT molecular complexity index is 790. The molecule has 0 aromatic heterocycles. The van der Waals surface area contributed by atoms with Crippen LogP contribution in [-0.2, 0) is 4.79 Å². The van der Waals surface area contributed by atoms with E-state index in [1.165, 1.54) is 0 Å². The number of halogens is 2. The molecule has 0 spiro atoms. The molecule has 112 valence electrons. The highest BCUT2D eigenvalue weighted by atomic mass is 79.9. The number of anilines is 1. The number of aliphatic imine (C=N–C) groups is 1. The molecule has 1 aliphatic heterocycles. The van der Waals surface area contributed by atoms with E-state index < -0.39 is 0 Å². The second kappa shape index (κ2) is 6.10. The van der Waals surface area contributed by atoms with Gasteiger partial charge in [0.1, 0.15) is 12.3 Å². The first kappa shape index (κ1) is 15.1. The number of benzene rings is 2. The van der Waals surface area contributed by atoms with Crippen LogP contribution in [0.1, 0.15) is 11.1 Å². The number of methoxy groups -OCH3 is 1. The summed E-state index contributed by atoms with van der Waals surface area (Å²) in [5.74, 6) is 0.465. The summed E-state index contributed by atoms with van der Waals surface area (Å²) in [7, 11) is 1.58. The topological polar surface area (TPSA) is 50.7 Å². The number of rotatable bonds is 2. The summed E-state index contributed by atoms with van der Waals surface area (Å²) < 4.78 is 6.07. The number of hydrogen-bond donors (Lipinski definition) is 1. The maximum Gasteiger partial charge on any atom is 0.246 e. The van der Waals surface area contributed by atoms with E-state index in [0.717, 1.165) is 15.6 Å². The van der Waals surface area contributed by atoms with Crippen LogP contribution in [-0.4, -0.2) is 25.3 Å². The molecule has 0 bridgehead atoms. The number of carbonyl (C=O) groups excluding carboxylic acids is 1. The van der Waals surface area contributed by atoms with E-state index in [0.29, 0.717) is 22.2 Å². The summed E-state index contributed by atoms with van der Waals surface area (Å²) in [6, 6.07) is 11.1. The summed E-state index contributed by atoms with van der Waals surface area (Å²) in [6.07, 6.45) is 0. The van der Waals surface area contributed by atoms with Gasteiger partial charge in [-0.1, -0.05) is 29.8 Å². The van der Waals surface area contributed by atoms with Gasteiger partial charge in [-0.25, -0.2) is 0 Å². The predicted molar refractivity (Wildman–Crippen MR) is 91.3 cm³/mol. The minimum Gasteiger partial charge on any atom is -0.495 e. The maximum absolute atomic E-state index is 11.9. The molecule has 3 rings (SSSR count). The first-order valence-corrected chi connectivity index (χ1v) is 7.74. The normalized spacial score (nSPS) is 13.8. The van der Waals surface area contributed by atoms with Gasteiger partial charge < -0.3 is 10.1 Å². The van der Waals surface area contributed by atoms with E-state index in [4.69, 9.17) is 16.3 Å². The van der Waals surface area contributed by atoms with Crippen LogP contribution in [0.2, 0.25) is 5.02 Å². The van der Waals surface area contributed by atoms with Crippen molar-refractivity contribution in [3.63, 3.8) is 0 Å². The summed E-state index contributed by atoms with van der Waals surface area (Å²) >= 11 is 9.76. The zero-order chi connectivity index (χ0) is 15.7. The third-order valence-electron chi connectivity index (χ3n) is 3.33. The second-order valence-corrected chi connectivity index (χ2v) is 5.99. The average molecular weight is 380 g/mol. The molecule has 4 nitrogen and oxygen atoms in total. The average Bonchev–Trinajstić information content (AvgIpc) is 2.65. The number of nitrogens with zero attached hydrogens (tertiary/aromatic N) is 1. The number of ether oxygens (including phenoxy) is 1. The van der Waals surface area contributed by atoms with Crippen molar-refractivity contribution in [2.75, 3.05) is 19.0 Å². The molecular formula is C16H12BrClN2O2. The van der Waals surface area contributed by atoms with Gasteiger partial charge in [0.25, 0.3) is 0 Å². The van der Waals surface area contributed by atoms with Crippen molar-refractivity contribution >= 4 is 44.8 Å². The first-order chi connectivity index (χ1) is 10.6. The molecule has 1 N–H and O–H groups in total. The molecule has 0 aliphatic carbocycles. The van der Waals surface area contributed by atoms with Crippen LogP contribution in [0.5, 0.6) is 5.75 Å². The maximum atomic E-state index is 11.9. The van der Waals surface area contributed by atoms with Gasteiger partial charge in [-0.05, 0) is 28.1 Å². The van der Waals surface area contributed by atoms with Crippen LogP contribution in [0.15, 0.2) is 45.9 Å². The molecule has 0 atom stereocenters. The minimum atomic E-state index is -0.173. The highest BCUT2D eigenvalue weighted by Crippen LogP contribution is 2.34. The third kappa shape index (κ3) is 2.74. The molecule has 22 heavy (non-hydrogen) atoms. The van der Waals surface area contributed by atoms with E-state index >= 15 is 0 Å². The third-order valence-corrected chi connectivity index (χ3v) is 4.28.